The van der Waals surface area contributed by atoms with E-state index in [-0.39, 0.29) is 0 Å². The Bertz CT molecular complexity index is 354. The van der Waals surface area contributed by atoms with Gasteiger partial charge < -0.3 is 0 Å². The highest BCUT2D eigenvalue weighted by Crippen LogP contribution is 2.19. The largest absolute Gasteiger partial charge is 0.293 e. The first-order valence-corrected chi connectivity index (χ1v) is 8.71. The van der Waals surface area contributed by atoms with Crippen LogP contribution in [0.5, 0.6) is 0 Å². The molecule has 0 bridgehead atoms. The first-order valence-electron chi connectivity index (χ1n) is 7.83. The predicted octanol–water partition coefficient (Wildman–Crippen LogP) is 6.16. The fraction of sp³-hybridized carbons (Fsp3) is 0.706. The average Bonchev–Trinajstić information content (AvgIpc) is 2.83. The molecule has 1 rings (SSSR count). The molecule has 1 aromatic rings. The summed E-state index contributed by atoms with van der Waals surface area (Å²) in [6.07, 6.45) is 12.5. The van der Waals surface area contributed by atoms with Crippen LogP contribution in [0.2, 0.25) is 0 Å². The summed E-state index contributed by atoms with van der Waals surface area (Å²) in [5.41, 5.74) is 1.14. The Kier molecular flexibility index (Phi) is 8.81. The lowest BCUT2D eigenvalue weighted by Gasteiger charge is -2.02. The molecule has 0 radical (unpaired) electrons. The van der Waals surface area contributed by atoms with E-state index in [0.29, 0.717) is 5.78 Å². The molecule has 0 aliphatic carbocycles. The SMILES string of the molecule is CCCCCCCCCCCC(=O)c1sccc1C. The smallest absolute Gasteiger partial charge is 0.173 e. The van der Waals surface area contributed by atoms with Crippen LogP contribution in [0.3, 0.4) is 0 Å². The lowest BCUT2D eigenvalue weighted by Crippen LogP contribution is -1.97. The van der Waals surface area contributed by atoms with E-state index in [9.17, 15) is 4.79 Å². The van der Waals surface area contributed by atoms with Crippen molar-refractivity contribution < 1.29 is 4.79 Å². The molecule has 0 aliphatic heterocycles. The summed E-state index contributed by atoms with van der Waals surface area (Å²) in [4.78, 5) is 12.9. The Morgan fingerprint density at radius 1 is 1.00 bits per heavy atom. The molecule has 0 saturated carbocycles. The Hall–Kier alpha value is -0.630. The number of rotatable bonds is 11. The van der Waals surface area contributed by atoms with Crippen LogP contribution < -0.4 is 0 Å². The maximum absolute atomic E-state index is 11.9. The minimum atomic E-state index is 0.343. The zero-order chi connectivity index (χ0) is 13.9. The second-order valence-electron chi connectivity index (χ2n) is 5.43. The number of Topliss-reactive ketones (excluding diaryl/α,β-unsaturated/α-hetero) is 1. The molecule has 0 aliphatic rings. The fourth-order valence-corrected chi connectivity index (χ4v) is 3.26. The highest BCUT2D eigenvalue weighted by Gasteiger charge is 2.09. The number of carbonyl (C=O) groups is 1. The molecule has 0 atom stereocenters. The molecule has 0 spiro atoms. The van der Waals surface area contributed by atoms with E-state index < -0.39 is 0 Å². The molecule has 0 N–H and O–H groups in total. The standard InChI is InChI=1S/C17H28OS/c1-3-4-5-6-7-8-9-10-11-12-16(18)17-15(2)13-14-19-17/h13-14H,3-12H2,1-2H3. The molecule has 0 amide bonds. The van der Waals surface area contributed by atoms with Gasteiger partial charge in [-0.25, -0.2) is 0 Å². The zero-order valence-electron chi connectivity index (χ0n) is 12.5. The number of thiophene rings is 1. The second kappa shape index (κ2) is 10.2. The van der Waals surface area contributed by atoms with Gasteiger partial charge in [-0.3, -0.25) is 4.79 Å². The van der Waals surface area contributed by atoms with Crippen LogP contribution in [0, 0.1) is 6.92 Å². The van der Waals surface area contributed by atoms with Gasteiger partial charge in [0.2, 0.25) is 0 Å². The first kappa shape index (κ1) is 16.4. The van der Waals surface area contributed by atoms with Crippen molar-refractivity contribution in [2.45, 2.75) is 78.1 Å². The van der Waals surface area contributed by atoms with Crippen molar-refractivity contribution in [3.8, 4) is 0 Å². The van der Waals surface area contributed by atoms with Crippen LogP contribution in [0.15, 0.2) is 11.4 Å². The number of ketones is 1. The van der Waals surface area contributed by atoms with Crippen LogP contribution in [-0.2, 0) is 0 Å². The third-order valence-electron chi connectivity index (χ3n) is 3.62. The quantitative estimate of drug-likeness (QED) is 0.350. The molecule has 0 aromatic carbocycles. The van der Waals surface area contributed by atoms with Gasteiger partial charge in [0.15, 0.2) is 5.78 Å². The van der Waals surface area contributed by atoms with E-state index in [4.69, 9.17) is 0 Å². The lowest BCUT2D eigenvalue weighted by atomic mass is 10.0. The van der Waals surface area contributed by atoms with Gasteiger partial charge in [0.05, 0.1) is 4.88 Å². The number of hydrogen-bond acceptors (Lipinski definition) is 2. The Balaban J connectivity index is 1.96. The zero-order valence-corrected chi connectivity index (χ0v) is 13.4. The van der Waals surface area contributed by atoms with E-state index in [2.05, 4.69) is 6.92 Å². The summed E-state index contributed by atoms with van der Waals surface area (Å²) in [7, 11) is 0. The Labute approximate surface area is 122 Å². The van der Waals surface area contributed by atoms with Crippen LogP contribution in [0.25, 0.3) is 0 Å². The number of hydrogen-bond donors (Lipinski definition) is 0. The van der Waals surface area contributed by atoms with Gasteiger partial charge in [0.1, 0.15) is 0 Å². The van der Waals surface area contributed by atoms with Gasteiger partial charge in [-0.05, 0) is 30.4 Å². The molecule has 0 saturated heterocycles. The average molecular weight is 280 g/mol. The lowest BCUT2D eigenvalue weighted by molar-refractivity contribution is 0.0982. The number of unbranched alkanes of at least 4 members (excludes halogenated alkanes) is 8. The minimum Gasteiger partial charge on any atom is -0.293 e. The summed E-state index contributed by atoms with van der Waals surface area (Å²) >= 11 is 1.59. The van der Waals surface area contributed by atoms with Crippen LogP contribution in [-0.4, -0.2) is 5.78 Å². The van der Waals surface area contributed by atoms with Gasteiger partial charge in [-0.1, -0.05) is 58.3 Å². The summed E-state index contributed by atoms with van der Waals surface area (Å²) in [5.74, 6) is 0.343. The van der Waals surface area contributed by atoms with Gasteiger partial charge >= 0.3 is 0 Å². The Morgan fingerprint density at radius 3 is 2.11 bits per heavy atom. The van der Waals surface area contributed by atoms with E-state index in [1.165, 1.54) is 51.4 Å². The van der Waals surface area contributed by atoms with E-state index in [1.807, 2.05) is 18.4 Å². The van der Waals surface area contributed by atoms with Gasteiger partial charge in [-0.2, -0.15) is 0 Å². The van der Waals surface area contributed by atoms with E-state index in [0.717, 1.165) is 23.3 Å². The first-order chi connectivity index (χ1) is 9.25. The maximum Gasteiger partial charge on any atom is 0.173 e. The fourth-order valence-electron chi connectivity index (χ4n) is 2.37. The van der Waals surface area contributed by atoms with Gasteiger partial charge in [-0.15, -0.1) is 11.3 Å². The molecular formula is C17H28OS. The normalized spacial score (nSPS) is 10.8. The van der Waals surface area contributed by atoms with Crippen LogP contribution >= 0.6 is 11.3 Å². The van der Waals surface area contributed by atoms with Crippen LogP contribution in [0.1, 0.15) is 86.4 Å². The van der Waals surface area contributed by atoms with Crippen molar-refractivity contribution in [1.29, 1.82) is 0 Å². The highest BCUT2D eigenvalue weighted by atomic mass is 32.1. The summed E-state index contributed by atoms with van der Waals surface area (Å²) in [6.45, 7) is 4.28. The van der Waals surface area contributed by atoms with E-state index >= 15 is 0 Å². The molecule has 108 valence electrons. The van der Waals surface area contributed by atoms with Crippen molar-refractivity contribution in [3.63, 3.8) is 0 Å². The molecule has 0 unspecified atom stereocenters. The molecule has 0 fully saturated rings. The van der Waals surface area contributed by atoms with Crippen LogP contribution in [0.4, 0.5) is 0 Å². The third kappa shape index (κ3) is 6.91. The number of carbonyl (C=O) groups excluding carboxylic acids is 1. The predicted molar refractivity (Wildman–Crippen MR) is 85.2 cm³/mol. The molecule has 2 heteroatoms. The van der Waals surface area contributed by atoms with Gasteiger partial charge in [0.25, 0.3) is 0 Å². The topological polar surface area (TPSA) is 17.1 Å². The molecule has 1 nitrogen and oxygen atoms in total. The summed E-state index contributed by atoms with van der Waals surface area (Å²) < 4.78 is 0. The van der Waals surface area contributed by atoms with Crippen molar-refractivity contribution >= 4 is 17.1 Å². The van der Waals surface area contributed by atoms with Crippen molar-refractivity contribution in [3.05, 3.63) is 21.9 Å². The molecule has 1 heterocycles. The molecule has 19 heavy (non-hydrogen) atoms. The highest BCUT2D eigenvalue weighted by molar-refractivity contribution is 7.12. The van der Waals surface area contributed by atoms with Gasteiger partial charge in [0, 0.05) is 6.42 Å². The third-order valence-corrected chi connectivity index (χ3v) is 4.68. The summed E-state index contributed by atoms with van der Waals surface area (Å²) in [5, 5.41) is 2.01. The summed E-state index contributed by atoms with van der Waals surface area (Å²) in [6, 6.07) is 2.04. The Morgan fingerprint density at radius 2 is 1.58 bits per heavy atom. The van der Waals surface area contributed by atoms with Crippen molar-refractivity contribution in [2.24, 2.45) is 0 Å². The van der Waals surface area contributed by atoms with Crippen molar-refractivity contribution in [1.82, 2.24) is 0 Å². The molecular weight excluding hydrogens is 252 g/mol. The van der Waals surface area contributed by atoms with E-state index in [1.54, 1.807) is 11.3 Å². The maximum atomic E-state index is 11.9. The van der Waals surface area contributed by atoms with Crippen molar-refractivity contribution in [2.75, 3.05) is 0 Å². The molecule has 1 aromatic heterocycles. The monoisotopic (exact) mass is 280 g/mol. The second-order valence-corrected chi connectivity index (χ2v) is 6.35. The number of aryl methyl sites for hydroxylation is 1. The minimum absolute atomic E-state index is 0.343.